The molecular weight excluding hydrogens is 1860 g/mol. The van der Waals surface area contributed by atoms with E-state index in [9.17, 15) is 47.9 Å². The van der Waals surface area contributed by atoms with Crippen LogP contribution in [0.5, 0.6) is 0 Å². The molecule has 144 heavy (non-hydrogen) atoms. The molecule has 0 aliphatic heterocycles. The van der Waals surface area contributed by atoms with Crippen LogP contribution in [0.1, 0.15) is 344 Å². The van der Waals surface area contributed by atoms with E-state index in [1.54, 1.807) is 55.4 Å². The van der Waals surface area contributed by atoms with Gasteiger partial charge in [0.1, 0.15) is 52.9 Å². The zero-order chi connectivity index (χ0) is 106. The van der Waals surface area contributed by atoms with Gasteiger partial charge in [-0.15, -0.1) is 10.2 Å². The molecule has 0 bridgehead atoms. The SMILES string of the molecule is C.C.C.C.C.C.C.C.C.C.C.C.CC(C)CNC(C)(C)C(=O)O.CC(C)CNC[C@@H](C)O.CC(C)CNCc1nn[nH]n1.CC(C)CN[C@@H](C)C(=O)O.CC(C)CN[C@@H](CO)C(=O)O.CC(C)CN[C@@](C)(CO)C(=O)O.CC(C)CN[C@H](C(=O)O)C(C)O.CC(C)CN[C@H](C)C(N)=O.CC[C@@H](NCC(C)C)C(=O)O.COC(=O)[C@@H](C)NCC(C)C.COC(=O)[C@H](C)NCC(C)C.COC(=O)[C@](C)(CO)NCC(C)C. The maximum atomic E-state index is 11.2. The molecule has 0 aliphatic rings. The predicted octanol–water partition coefficient (Wildman–Crippen LogP) is 12.7. The zero-order valence-corrected chi connectivity index (χ0v) is 88.5. The summed E-state index contributed by atoms with van der Waals surface area (Å²) in [6.45, 7) is 77.5. The highest BCUT2D eigenvalue weighted by Gasteiger charge is 2.34. The van der Waals surface area contributed by atoms with Crippen molar-refractivity contribution in [3.8, 4) is 0 Å². The quantitative estimate of drug-likeness (QED) is 0.0213. The minimum Gasteiger partial charge on any atom is -0.480 e. The molecule has 886 valence electrons. The summed E-state index contributed by atoms with van der Waals surface area (Å²) >= 11 is 0. The van der Waals surface area contributed by atoms with E-state index in [0.29, 0.717) is 123 Å². The van der Waals surface area contributed by atoms with Crippen molar-refractivity contribution in [1.82, 2.24) is 84.4 Å². The van der Waals surface area contributed by atoms with E-state index in [4.69, 9.17) is 61.9 Å². The third kappa shape index (κ3) is 141. The Balaban J connectivity index is -0.0000000525. The summed E-state index contributed by atoms with van der Waals surface area (Å²) in [4.78, 5) is 106. The number of carbonyl (C=O) groups is 10. The van der Waals surface area contributed by atoms with Gasteiger partial charge in [0.15, 0.2) is 5.82 Å². The standard InChI is InChI=1S/C9H19NO3.2C8H17NO3.4C8H17NO2.C7H16N2O.C7H15NO3.C7H15NO2.C7H17NO.C6H13N5.12CH4/c1-7(2)5-10-9(3,6-11)8(12)13-4;1-6(2)4-9-8(3,5-10)7(11)12;1-5(2)4-9-7(6(3)10)8(11)12;1-6(2)5-9-8(3,4)7(10)11;2*1-6(2)5-9-7(3)8(10)11-4;1-4-7(8(10)11)9-5-6(2)3;1-5(2)4-9-6(3)7(8)10;1-5(2)3-8-6(4-9)7(10)11;1-5(2)4-8-6(3)7(9)10;1-6(2)4-8-5-7(3)9;1-5(2)3-7-4-6-8-10-11-9-6;;;;;;;;;;;;/h7,10-11H,5-6H2,1-4H3;6,9-10H,4-5H2,1-3H3,(H,11,12);5-7,9-10H,4H2,1-3H3,(H,11,12);6,9H,5H2,1-4H3,(H,10,11);2*6-7,9H,5H2,1-4H3;6-7,9H,4-5H2,1-3H3,(H,10,11);5-6,9H,4H2,1-3H3,(H2,8,10);5-6,8-9H,3-4H2,1-2H3,(H,10,11);5-6,8H,4H2,1-3H3,(H,9,10);6-9H,4-5H2,1-3H3;5,7H,3-4H2,1-2H3,(H,8,9,10,11);12*1H4/t9-;8-;6?,7-;;3*7-;3*6-;7-;;;;;;;;;;;;;/m000.1011001............./s1. The summed E-state index contributed by atoms with van der Waals surface area (Å²) in [7, 11) is 4.11. The molecule has 1 amide bonds. The van der Waals surface area contributed by atoms with Gasteiger partial charge in [0.25, 0.3) is 0 Å². The number of hydrogen-bond acceptors (Lipinski definition) is 33. The van der Waals surface area contributed by atoms with Crippen LogP contribution in [-0.4, -0.2) is 334 Å². The van der Waals surface area contributed by atoms with Crippen molar-refractivity contribution in [2.75, 3.05) is 126 Å². The van der Waals surface area contributed by atoms with Crippen LogP contribution in [0.4, 0.5) is 0 Å². The predicted molar refractivity (Wildman–Crippen MR) is 604 cm³/mol. The number of aliphatic carboxylic acids is 6. The highest BCUT2D eigenvalue weighted by molar-refractivity contribution is 5.81. The van der Waals surface area contributed by atoms with Gasteiger partial charge in [-0.05, 0) is 225 Å². The van der Waals surface area contributed by atoms with Crippen molar-refractivity contribution in [2.24, 2.45) is 76.7 Å². The lowest BCUT2D eigenvalue weighted by Crippen LogP contribution is -2.54. The van der Waals surface area contributed by atoms with Gasteiger partial charge in [0.2, 0.25) is 5.91 Å². The number of carbonyl (C=O) groups excluding carboxylic acids is 4. The fraction of sp³-hybridized carbons (Fsp3) is 0.893. The van der Waals surface area contributed by atoms with Crippen molar-refractivity contribution in [1.29, 1.82) is 0 Å². The molecule has 41 nitrogen and oxygen atoms in total. The number of aromatic nitrogens is 4. The highest BCUT2D eigenvalue weighted by atomic mass is 16.5. The Morgan fingerprint density at radius 3 is 0.875 bits per heavy atom. The molecule has 0 saturated carbocycles. The number of methoxy groups -OCH3 is 3. The lowest BCUT2D eigenvalue weighted by atomic mass is 10.0. The molecule has 1 rings (SSSR count). The molecule has 0 fully saturated rings. The molecule has 0 radical (unpaired) electrons. The molecule has 1 unspecified atom stereocenters. The van der Waals surface area contributed by atoms with E-state index in [2.05, 4.69) is 182 Å². The Bertz CT molecular complexity index is 2850. The van der Waals surface area contributed by atoms with Gasteiger partial charge in [0.05, 0.1) is 65.9 Å². The van der Waals surface area contributed by atoms with E-state index in [1.165, 1.54) is 35.2 Å². The average Bonchev–Trinajstić information content (AvgIpc) is 0.896. The minimum absolute atomic E-state index is 0. The summed E-state index contributed by atoms with van der Waals surface area (Å²) in [5.74, 6) is 0.241. The molecule has 1 aromatic rings. The van der Waals surface area contributed by atoms with Gasteiger partial charge in [-0.3, -0.25) is 53.8 Å². The van der Waals surface area contributed by atoms with Crippen molar-refractivity contribution in [2.45, 2.75) is 416 Å². The Morgan fingerprint density at radius 1 is 0.347 bits per heavy atom. The van der Waals surface area contributed by atoms with Crippen molar-refractivity contribution >= 4 is 59.6 Å². The Hall–Kier alpha value is -6.91. The molecule has 1 aromatic heterocycles. The molecule has 11 atom stereocenters. The number of nitrogens with two attached hydrogens (primary N) is 1. The maximum absolute atomic E-state index is 11.2. The summed E-state index contributed by atoms with van der Waals surface area (Å²) in [5, 5.41) is 145. The molecule has 0 aliphatic carbocycles. The van der Waals surface area contributed by atoms with Crippen LogP contribution in [-0.2, 0) is 68.7 Å². The number of primary amides is 1. The average molecular weight is 2110 g/mol. The number of aliphatic hydroxyl groups is 5. The topological polar surface area (TPSA) is 646 Å². The molecule has 0 spiro atoms. The lowest BCUT2D eigenvalue weighted by molar-refractivity contribution is -0.150. The Kier molecular flexibility index (Phi) is 162. The number of carboxylic acid groups (broad SMARTS) is 6. The molecular formula is C103H245N17O24. The molecule has 0 aromatic carbocycles. The van der Waals surface area contributed by atoms with Gasteiger partial charge in [-0.2, -0.15) is 5.21 Å². The zero-order valence-electron chi connectivity index (χ0n) is 88.5. The normalized spacial score (nSPS) is 12.7. The molecule has 26 N–H and O–H groups in total. The fourth-order valence-corrected chi connectivity index (χ4v) is 7.90. The van der Waals surface area contributed by atoms with Crippen LogP contribution in [0.2, 0.25) is 0 Å². The van der Waals surface area contributed by atoms with Crippen LogP contribution in [0.15, 0.2) is 0 Å². The first kappa shape index (κ1) is 195. The molecule has 1 heterocycles. The van der Waals surface area contributed by atoms with Gasteiger partial charge < -0.3 is 129 Å². The second kappa shape index (κ2) is 120. The number of H-pyrrole nitrogens is 1. The lowest BCUT2D eigenvalue weighted by Gasteiger charge is -2.26. The van der Waals surface area contributed by atoms with Crippen molar-refractivity contribution in [3.63, 3.8) is 0 Å². The number of ether oxygens (including phenoxy) is 3. The summed E-state index contributed by atoms with van der Waals surface area (Å²) in [6, 6.07) is -3.07. The monoisotopic (exact) mass is 2100 g/mol. The van der Waals surface area contributed by atoms with Crippen molar-refractivity contribution in [3.05, 3.63) is 5.82 Å². The number of rotatable bonds is 53. The van der Waals surface area contributed by atoms with Crippen LogP contribution in [0, 0.1) is 71.0 Å². The Labute approximate surface area is 882 Å². The third-order valence-corrected chi connectivity index (χ3v) is 16.7. The number of amides is 1. The summed E-state index contributed by atoms with van der Waals surface area (Å²) in [5.41, 5.74) is 2.04. The first-order valence-electron chi connectivity index (χ1n) is 46.1. The minimum atomic E-state index is -1.20. The van der Waals surface area contributed by atoms with Crippen LogP contribution < -0.4 is 69.5 Å². The third-order valence-electron chi connectivity index (χ3n) is 16.7. The van der Waals surface area contributed by atoms with Crippen molar-refractivity contribution < 1.29 is 118 Å². The number of carboxylic acids is 6. The number of hydrogen-bond donors (Lipinski definition) is 25. The number of nitrogens with zero attached hydrogens (tertiary/aromatic N) is 3. The number of esters is 3. The van der Waals surface area contributed by atoms with E-state index in [0.717, 1.165) is 52.4 Å². The van der Waals surface area contributed by atoms with Gasteiger partial charge in [0, 0.05) is 6.54 Å². The molecule has 41 heteroatoms. The number of nitrogens with one attached hydrogen (secondary N) is 13. The van der Waals surface area contributed by atoms with E-state index in [1.807, 2.05) is 90.0 Å². The fourth-order valence-electron chi connectivity index (χ4n) is 7.90. The second-order valence-corrected chi connectivity index (χ2v) is 38.0. The van der Waals surface area contributed by atoms with Gasteiger partial charge >= 0.3 is 53.7 Å². The first-order valence-corrected chi connectivity index (χ1v) is 46.1. The number of tetrazole rings is 1. The number of aromatic amines is 1. The second-order valence-electron chi connectivity index (χ2n) is 38.0. The van der Waals surface area contributed by atoms with E-state index in [-0.39, 0.29) is 150 Å². The van der Waals surface area contributed by atoms with Crippen LogP contribution >= 0.6 is 0 Å². The number of aliphatic hydroxyl groups excluding tert-OH is 5. The van der Waals surface area contributed by atoms with Crippen LogP contribution in [0.25, 0.3) is 0 Å². The maximum Gasteiger partial charge on any atom is 0.328 e. The Morgan fingerprint density at radius 2 is 0.639 bits per heavy atom. The summed E-state index contributed by atoms with van der Waals surface area (Å²) < 4.78 is 13.7. The first-order chi connectivity index (χ1) is 60.5. The summed E-state index contributed by atoms with van der Waals surface area (Å²) in [6.07, 6.45) is -0.438. The molecule has 0 saturated heterocycles. The van der Waals surface area contributed by atoms with E-state index < -0.39 is 89.2 Å². The largest absolute Gasteiger partial charge is 0.480 e. The van der Waals surface area contributed by atoms with Gasteiger partial charge in [-0.1, -0.05) is 267 Å². The van der Waals surface area contributed by atoms with Gasteiger partial charge in [-0.25, -0.2) is 4.79 Å². The highest BCUT2D eigenvalue weighted by Crippen LogP contribution is 2.08. The smallest absolute Gasteiger partial charge is 0.328 e. The van der Waals surface area contributed by atoms with E-state index >= 15 is 0 Å². The van der Waals surface area contributed by atoms with Crippen LogP contribution in [0.3, 0.4) is 0 Å².